The average Bonchev–Trinajstić information content (AvgIpc) is 2.92. The highest BCUT2D eigenvalue weighted by Gasteiger charge is 2.30. The fraction of sp³-hybridized carbons (Fsp3) is 0.414. The molecule has 0 aliphatic rings. The van der Waals surface area contributed by atoms with Gasteiger partial charge < -0.3 is 30.5 Å². The van der Waals surface area contributed by atoms with Crippen LogP contribution < -0.4 is 26.8 Å². The third-order valence-corrected chi connectivity index (χ3v) is 5.57. The first-order valence-electron chi connectivity index (χ1n) is 13.3. The van der Waals surface area contributed by atoms with E-state index in [4.69, 9.17) is 9.47 Å². The SMILES string of the molecule is CC(C)C(NC(=O)OCc1ccccc1)C(=O)NC(Cc1ccc(O)cc1)C(=O)NCC(=O)NNC(=O)OC(C)(C)C. The van der Waals surface area contributed by atoms with Crippen LogP contribution in [0.5, 0.6) is 5.75 Å². The molecule has 5 amide bonds. The second-order valence-electron chi connectivity index (χ2n) is 10.8. The van der Waals surface area contributed by atoms with Gasteiger partial charge in [0.15, 0.2) is 0 Å². The zero-order valence-corrected chi connectivity index (χ0v) is 24.4. The molecule has 13 heteroatoms. The van der Waals surface area contributed by atoms with Crippen LogP contribution in [0.25, 0.3) is 0 Å². The van der Waals surface area contributed by atoms with Gasteiger partial charge in [0.25, 0.3) is 5.91 Å². The maximum Gasteiger partial charge on any atom is 0.426 e. The summed E-state index contributed by atoms with van der Waals surface area (Å²) in [7, 11) is 0. The van der Waals surface area contributed by atoms with Crippen molar-refractivity contribution in [1.82, 2.24) is 26.8 Å². The Morgan fingerprint density at radius 3 is 2.05 bits per heavy atom. The zero-order valence-electron chi connectivity index (χ0n) is 24.4. The van der Waals surface area contributed by atoms with E-state index in [-0.39, 0.29) is 24.7 Å². The average molecular weight is 586 g/mol. The van der Waals surface area contributed by atoms with E-state index in [0.29, 0.717) is 5.56 Å². The minimum Gasteiger partial charge on any atom is -0.508 e. The van der Waals surface area contributed by atoms with E-state index < -0.39 is 54.1 Å². The fourth-order valence-electron chi connectivity index (χ4n) is 3.52. The highest BCUT2D eigenvalue weighted by atomic mass is 16.6. The number of phenolic OH excluding ortho intramolecular Hbond substituents is 1. The third kappa shape index (κ3) is 12.6. The number of phenols is 1. The Labute approximate surface area is 244 Å². The van der Waals surface area contributed by atoms with Crippen molar-refractivity contribution in [2.45, 2.75) is 65.3 Å². The van der Waals surface area contributed by atoms with Crippen molar-refractivity contribution in [3.63, 3.8) is 0 Å². The van der Waals surface area contributed by atoms with Gasteiger partial charge in [-0.15, -0.1) is 0 Å². The summed E-state index contributed by atoms with van der Waals surface area (Å²) >= 11 is 0. The lowest BCUT2D eigenvalue weighted by molar-refractivity contribution is -0.131. The smallest absolute Gasteiger partial charge is 0.426 e. The van der Waals surface area contributed by atoms with E-state index in [9.17, 15) is 29.1 Å². The van der Waals surface area contributed by atoms with Crippen LogP contribution in [0.15, 0.2) is 54.6 Å². The summed E-state index contributed by atoms with van der Waals surface area (Å²) in [5, 5.41) is 17.2. The lowest BCUT2D eigenvalue weighted by Crippen LogP contribution is -2.57. The maximum absolute atomic E-state index is 13.2. The number of carbonyl (C=O) groups excluding carboxylic acids is 5. The molecule has 0 aliphatic carbocycles. The van der Waals surface area contributed by atoms with Crippen LogP contribution in [0.4, 0.5) is 9.59 Å². The van der Waals surface area contributed by atoms with Crippen LogP contribution in [0, 0.1) is 5.92 Å². The highest BCUT2D eigenvalue weighted by Crippen LogP contribution is 2.12. The van der Waals surface area contributed by atoms with Crippen LogP contribution in [0.1, 0.15) is 45.7 Å². The summed E-state index contributed by atoms with van der Waals surface area (Å²) in [5.74, 6) is -2.42. The standard InChI is InChI=1S/C29H39N5O8/c1-18(2)24(32-27(39)41-17-20-9-7-6-8-10-20)26(38)31-22(15-19-11-13-21(35)14-12-19)25(37)30-16-23(36)33-34-28(40)42-29(3,4)5/h6-14,18,22,24,35H,15-17H2,1-5H3,(H,30,37)(H,31,38)(H,32,39)(H,33,36)(H,34,40). The van der Waals surface area contributed by atoms with Gasteiger partial charge in [0.05, 0.1) is 6.54 Å². The van der Waals surface area contributed by atoms with Gasteiger partial charge in [-0.25, -0.2) is 15.0 Å². The first-order chi connectivity index (χ1) is 19.7. The molecule has 2 aromatic rings. The molecule has 0 radical (unpaired) electrons. The molecule has 0 fully saturated rings. The van der Waals surface area contributed by atoms with Gasteiger partial charge in [0.1, 0.15) is 30.0 Å². The summed E-state index contributed by atoms with van der Waals surface area (Å²) in [6.07, 6.45) is -1.67. The molecule has 0 bridgehead atoms. The van der Waals surface area contributed by atoms with Gasteiger partial charge in [-0.2, -0.15) is 0 Å². The number of carbonyl (C=O) groups is 5. The number of benzene rings is 2. The molecular weight excluding hydrogens is 546 g/mol. The first kappa shape index (κ1) is 33.4. The molecule has 2 atom stereocenters. The fourth-order valence-corrected chi connectivity index (χ4v) is 3.52. The van der Waals surface area contributed by atoms with Crippen LogP contribution >= 0.6 is 0 Å². The summed E-state index contributed by atoms with van der Waals surface area (Å²) in [6, 6.07) is 12.9. The third-order valence-electron chi connectivity index (χ3n) is 5.57. The van der Waals surface area contributed by atoms with E-state index >= 15 is 0 Å². The minimum absolute atomic E-state index is 0.00976. The predicted molar refractivity (Wildman–Crippen MR) is 153 cm³/mol. The second kappa shape index (κ2) is 15.8. The van der Waals surface area contributed by atoms with Gasteiger partial charge >= 0.3 is 12.2 Å². The molecule has 0 aromatic heterocycles. The number of aromatic hydroxyl groups is 1. The number of nitrogens with one attached hydrogen (secondary N) is 5. The first-order valence-corrected chi connectivity index (χ1v) is 13.3. The maximum atomic E-state index is 13.2. The highest BCUT2D eigenvalue weighted by molar-refractivity contribution is 5.93. The molecule has 2 rings (SSSR count). The largest absolute Gasteiger partial charge is 0.508 e. The van der Waals surface area contributed by atoms with Gasteiger partial charge in [-0.1, -0.05) is 56.3 Å². The molecule has 0 saturated heterocycles. The molecular formula is C29H39N5O8. The normalized spacial score (nSPS) is 12.3. The Morgan fingerprint density at radius 1 is 0.810 bits per heavy atom. The molecule has 2 unspecified atom stereocenters. The summed E-state index contributed by atoms with van der Waals surface area (Å²) in [4.78, 5) is 62.7. The van der Waals surface area contributed by atoms with Crippen molar-refractivity contribution >= 4 is 29.9 Å². The number of rotatable bonds is 11. The van der Waals surface area contributed by atoms with Crippen molar-refractivity contribution < 1.29 is 38.6 Å². The van der Waals surface area contributed by atoms with Crippen LogP contribution in [-0.2, 0) is 36.9 Å². The Hall–Kier alpha value is -4.81. The Bertz CT molecular complexity index is 1210. The van der Waals surface area contributed by atoms with Gasteiger partial charge in [0.2, 0.25) is 11.8 Å². The van der Waals surface area contributed by atoms with E-state index in [2.05, 4.69) is 26.8 Å². The molecule has 228 valence electrons. The van der Waals surface area contributed by atoms with E-state index in [1.54, 1.807) is 71.0 Å². The van der Waals surface area contributed by atoms with Crippen molar-refractivity contribution in [2.24, 2.45) is 5.92 Å². The number of hydrazine groups is 1. The van der Waals surface area contributed by atoms with E-state index in [1.165, 1.54) is 12.1 Å². The van der Waals surface area contributed by atoms with E-state index in [0.717, 1.165) is 5.56 Å². The molecule has 0 heterocycles. The van der Waals surface area contributed by atoms with Crippen molar-refractivity contribution in [3.8, 4) is 5.75 Å². The van der Waals surface area contributed by atoms with Crippen LogP contribution in [-0.4, -0.2) is 59.2 Å². The molecule has 42 heavy (non-hydrogen) atoms. The minimum atomic E-state index is -1.16. The van der Waals surface area contributed by atoms with Crippen molar-refractivity contribution in [3.05, 3.63) is 65.7 Å². The van der Waals surface area contributed by atoms with E-state index in [1.807, 2.05) is 6.07 Å². The lowest BCUT2D eigenvalue weighted by atomic mass is 10.0. The molecule has 13 nitrogen and oxygen atoms in total. The van der Waals surface area contributed by atoms with Crippen molar-refractivity contribution in [1.29, 1.82) is 0 Å². The molecule has 0 spiro atoms. The number of amides is 5. The molecule has 2 aromatic carbocycles. The molecule has 0 aliphatic heterocycles. The monoisotopic (exact) mass is 585 g/mol. The van der Waals surface area contributed by atoms with Gasteiger partial charge in [-0.3, -0.25) is 19.8 Å². The van der Waals surface area contributed by atoms with Gasteiger partial charge in [0, 0.05) is 6.42 Å². The lowest BCUT2D eigenvalue weighted by Gasteiger charge is -2.25. The van der Waals surface area contributed by atoms with Crippen LogP contribution in [0.3, 0.4) is 0 Å². The molecule has 0 saturated carbocycles. The summed E-state index contributed by atoms with van der Waals surface area (Å²) < 4.78 is 10.3. The summed E-state index contributed by atoms with van der Waals surface area (Å²) in [5.41, 5.74) is 4.81. The van der Waals surface area contributed by atoms with Gasteiger partial charge in [-0.05, 0) is 49.9 Å². The number of ether oxygens (including phenoxy) is 2. The predicted octanol–water partition coefficient (Wildman–Crippen LogP) is 2.04. The molecule has 6 N–H and O–H groups in total. The Morgan fingerprint density at radius 2 is 1.45 bits per heavy atom. The topological polar surface area (TPSA) is 184 Å². The Kier molecular flexibility index (Phi) is 12.6. The Balaban J connectivity index is 2.03. The number of hydrogen-bond acceptors (Lipinski definition) is 8. The second-order valence-corrected chi connectivity index (χ2v) is 10.8. The number of alkyl carbamates (subject to hydrolysis) is 1. The van der Waals surface area contributed by atoms with Crippen molar-refractivity contribution in [2.75, 3.05) is 6.54 Å². The zero-order chi connectivity index (χ0) is 31.3. The quantitative estimate of drug-likeness (QED) is 0.216. The summed E-state index contributed by atoms with van der Waals surface area (Å²) in [6.45, 7) is 7.90. The number of hydrogen-bond donors (Lipinski definition) is 6. The van der Waals surface area contributed by atoms with Crippen LogP contribution in [0.2, 0.25) is 0 Å².